The Hall–Kier alpha value is -3.67. The van der Waals surface area contributed by atoms with Crippen LogP contribution >= 0.6 is 0 Å². The Morgan fingerprint density at radius 1 is 1.00 bits per heavy atom. The van der Waals surface area contributed by atoms with Crippen LogP contribution < -0.4 is 5.32 Å². The fourth-order valence-electron chi connectivity index (χ4n) is 3.01. The minimum atomic E-state index is 0.726. The number of anilines is 2. The second-order valence-electron chi connectivity index (χ2n) is 5.69. The van der Waals surface area contributed by atoms with Crippen LogP contribution in [0, 0.1) is 0 Å². The molecule has 0 radical (unpaired) electrons. The molecule has 120 valence electrons. The van der Waals surface area contributed by atoms with Gasteiger partial charge in [-0.15, -0.1) is 0 Å². The third kappa shape index (κ3) is 2.31. The molecule has 6 heteroatoms. The number of aromatic nitrogens is 4. The van der Waals surface area contributed by atoms with E-state index in [2.05, 4.69) is 31.3 Å². The summed E-state index contributed by atoms with van der Waals surface area (Å²) in [6, 6.07) is 16.0. The van der Waals surface area contributed by atoms with Gasteiger partial charge in [-0.25, -0.2) is 15.0 Å². The van der Waals surface area contributed by atoms with Crippen LogP contribution in [0.15, 0.2) is 71.9 Å². The summed E-state index contributed by atoms with van der Waals surface area (Å²) in [5, 5.41) is 5.46. The van der Waals surface area contributed by atoms with Crippen molar-refractivity contribution in [2.45, 2.75) is 0 Å². The standard InChI is InChI=1S/C19H13N5O/c1-2-7-15-14(6-1)17-18(21-10-22-19(17)24-15)23-13-5-3-4-12(8-13)16-9-20-11-25-16/h1-11H,(H2,21,22,23,24). The van der Waals surface area contributed by atoms with Crippen molar-refractivity contribution in [2.24, 2.45) is 0 Å². The van der Waals surface area contributed by atoms with Gasteiger partial charge in [0.25, 0.3) is 0 Å². The maximum atomic E-state index is 5.37. The van der Waals surface area contributed by atoms with Gasteiger partial charge in [0.05, 0.1) is 11.6 Å². The molecule has 0 bridgehead atoms. The summed E-state index contributed by atoms with van der Waals surface area (Å²) < 4.78 is 5.37. The quantitative estimate of drug-likeness (QED) is 0.509. The summed E-state index contributed by atoms with van der Waals surface area (Å²) >= 11 is 0. The van der Waals surface area contributed by atoms with Crippen molar-refractivity contribution >= 4 is 33.4 Å². The lowest BCUT2D eigenvalue weighted by Crippen LogP contribution is -1.95. The number of para-hydroxylation sites is 1. The highest BCUT2D eigenvalue weighted by atomic mass is 16.3. The topological polar surface area (TPSA) is 79.6 Å². The molecular formula is C19H13N5O. The molecule has 2 aromatic carbocycles. The summed E-state index contributed by atoms with van der Waals surface area (Å²) in [6.45, 7) is 0. The van der Waals surface area contributed by atoms with Crippen molar-refractivity contribution in [3.8, 4) is 11.3 Å². The molecule has 0 atom stereocenters. The predicted molar refractivity (Wildman–Crippen MR) is 96.6 cm³/mol. The van der Waals surface area contributed by atoms with Crippen molar-refractivity contribution in [3.05, 3.63) is 67.4 Å². The third-order valence-electron chi connectivity index (χ3n) is 4.14. The highest BCUT2D eigenvalue weighted by Crippen LogP contribution is 2.31. The van der Waals surface area contributed by atoms with Gasteiger partial charge in [-0.3, -0.25) is 0 Å². The largest absolute Gasteiger partial charge is 0.444 e. The molecule has 0 saturated heterocycles. The number of hydrogen-bond donors (Lipinski definition) is 2. The first kappa shape index (κ1) is 13.7. The van der Waals surface area contributed by atoms with Crippen molar-refractivity contribution in [1.82, 2.24) is 19.9 Å². The third-order valence-corrected chi connectivity index (χ3v) is 4.14. The predicted octanol–water partition coefficient (Wildman–Crippen LogP) is 4.51. The van der Waals surface area contributed by atoms with E-state index < -0.39 is 0 Å². The average molecular weight is 327 g/mol. The van der Waals surface area contributed by atoms with Gasteiger partial charge in [-0.1, -0.05) is 30.3 Å². The summed E-state index contributed by atoms with van der Waals surface area (Å²) in [7, 11) is 0. The van der Waals surface area contributed by atoms with E-state index in [0.717, 1.165) is 44.8 Å². The summed E-state index contributed by atoms with van der Waals surface area (Å²) in [4.78, 5) is 16.1. The van der Waals surface area contributed by atoms with E-state index in [1.165, 1.54) is 6.39 Å². The van der Waals surface area contributed by atoms with Gasteiger partial charge in [0.15, 0.2) is 12.2 Å². The molecule has 0 saturated carbocycles. The van der Waals surface area contributed by atoms with E-state index in [1.807, 2.05) is 42.5 Å². The van der Waals surface area contributed by atoms with Gasteiger partial charge in [0.2, 0.25) is 0 Å². The first-order valence-electron chi connectivity index (χ1n) is 7.86. The number of rotatable bonds is 3. The Morgan fingerprint density at radius 2 is 1.96 bits per heavy atom. The summed E-state index contributed by atoms with van der Waals surface area (Å²) in [5.41, 5.74) is 3.72. The molecule has 5 aromatic rings. The molecule has 0 aliphatic heterocycles. The molecule has 0 aliphatic rings. The lowest BCUT2D eigenvalue weighted by Gasteiger charge is -2.08. The molecule has 6 nitrogen and oxygen atoms in total. The number of nitrogens with one attached hydrogen (secondary N) is 2. The second kappa shape index (κ2) is 5.45. The number of fused-ring (bicyclic) bond motifs is 3. The van der Waals surface area contributed by atoms with Crippen LogP contribution in [0.25, 0.3) is 33.3 Å². The van der Waals surface area contributed by atoms with Crippen LogP contribution in [0.2, 0.25) is 0 Å². The van der Waals surface area contributed by atoms with Crippen molar-refractivity contribution < 1.29 is 4.42 Å². The van der Waals surface area contributed by atoms with E-state index in [1.54, 1.807) is 12.5 Å². The van der Waals surface area contributed by atoms with Gasteiger partial charge < -0.3 is 14.7 Å². The lowest BCUT2D eigenvalue weighted by molar-refractivity contribution is 0.572. The highest BCUT2D eigenvalue weighted by Gasteiger charge is 2.11. The van der Waals surface area contributed by atoms with Crippen molar-refractivity contribution in [1.29, 1.82) is 0 Å². The van der Waals surface area contributed by atoms with Crippen LogP contribution in [0.3, 0.4) is 0 Å². The second-order valence-corrected chi connectivity index (χ2v) is 5.69. The molecule has 3 aromatic heterocycles. The van der Waals surface area contributed by atoms with Crippen LogP contribution in [-0.4, -0.2) is 19.9 Å². The van der Waals surface area contributed by atoms with E-state index >= 15 is 0 Å². The Kier molecular flexibility index (Phi) is 3.00. The van der Waals surface area contributed by atoms with Gasteiger partial charge >= 0.3 is 0 Å². The van der Waals surface area contributed by atoms with E-state index in [0.29, 0.717) is 0 Å². The van der Waals surface area contributed by atoms with Gasteiger partial charge in [-0.05, 0) is 18.2 Å². The van der Waals surface area contributed by atoms with Crippen LogP contribution in [0.1, 0.15) is 0 Å². The number of aromatic amines is 1. The number of H-pyrrole nitrogens is 1. The van der Waals surface area contributed by atoms with E-state index in [9.17, 15) is 0 Å². The molecule has 0 spiro atoms. The maximum absolute atomic E-state index is 5.37. The van der Waals surface area contributed by atoms with Gasteiger partial charge in [0, 0.05) is 22.2 Å². The summed E-state index contributed by atoms with van der Waals surface area (Å²) in [5.74, 6) is 1.49. The first-order chi connectivity index (χ1) is 12.4. The molecule has 0 aliphatic carbocycles. The van der Waals surface area contributed by atoms with E-state index in [-0.39, 0.29) is 0 Å². The fourth-order valence-corrected chi connectivity index (χ4v) is 3.01. The Morgan fingerprint density at radius 3 is 2.88 bits per heavy atom. The SMILES string of the molecule is c1cc(Nc2ncnc3[nH]c4ccccc4c23)cc(-c2cnco2)c1. The van der Waals surface area contributed by atoms with Crippen LogP contribution in [0.4, 0.5) is 11.5 Å². The molecule has 0 amide bonds. The first-order valence-corrected chi connectivity index (χ1v) is 7.86. The van der Waals surface area contributed by atoms with Crippen LogP contribution in [0.5, 0.6) is 0 Å². The maximum Gasteiger partial charge on any atom is 0.181 e. The lowest BCUT2D eigenvalue weighted by atomic mass is 10.1. The summed E-state index contributed by atoms with van der Waals surface area (Å²) in [6.07, 6.45) is 4.68. The zero-order valence-corrected chi connectivity index (χ0v) is 13.1. The molecular weight excluding hydrogens is 314 g/mol. The average Bonchev–Trinajstić information content (AvgIpc) is 3.30. The zero-order valence-electron chi connectivity index (χ0n) is 13.1. The zero-order chi connectivity index (χ0) is 16.6. The smallest absolute Gasteiger partial charge is 0.181 e. The van der Waals surface area contributed by atoms with Crippen molar-refractivity contribution in [2.75, 3.05) is 5.32 Å². The number of oxazole rings is 1. The molecule has 2 N–H and O–H groups in total. The normalized spacial score (nSPS) is 11.2. The van der Waals surface area contributed by atoms with E-state index in [4.69, 9.17) is 4.42 Å². The minimum absolute atomic E-state index is 0.726. The molecule has 0 unspecified atom stereocenters. The molecule has 3 heterocycles. The Bertz CT molecular complexity index is 1180. The number of hydrogen-bond acceptors (Lipinski definition) is 5. The Balaban J connectivity index is 1.62. The fraction of sp³-hybridized carbons (Fsp3) is 0. The number of benzene rings is 2. The van der Waals surface area contributed by atoms with Crippen LogP contribution in [-0.2, 0) is 0 Å². The number of nitrogens with zero attached hydrogens (tertiary/aromatic N) is 3. The van der Waals surface area contributed by atoms with Crippen molar-refractivity contribution in [3.63, 3.8) is 0 Å². The highest BCUT2D eigenvalue weighted by molar-refractivity contribution is 6.11. The Labute approximate surface area is 142 Å². The minimum Gasteiger partial charge on any atom is -0.444 e. The molecule has 5 rings (SSSR count). The molecule has 0 fully saturated rings. The monoisotopic (exact) mass is 327 g/mol. The van der Waals surface area contributed by atoms with Gasteiger partial charge in [0.1, 0.15) is 17.8 Å². The van der Waals surface area contributed by atoms with Gasteiger partial charge in [-0.2, -0.15) is 0 Å². The molecule has 25 heavy (non-hydrogen) atoms.